The van der Waals surface area contributed by atoms with Crippen LogP contribution in [0, 0.1) is 5.41 Å². The fourth-order valence-electron chi connectivity index (χ4n) is 5.09. The van der Waals surface area contributed by atoms with Gasteiger partial charge >= 0.3 is 0 Å². The minimum atomic E-state index is -4.03. The summed E-state index contributed by atoms with van der Waals surface area (Å²) in [6, 6.07) is 11.0. The maximum absolute atomic E-state index is 13.3. The molecular weight excluding hydrogens is 620 g/mol. The van der Waals surface area contributed by atoms with Gasteiger partial charge in [-0.3, -0.25) is 14.3 Å². The van der Waals surface area contributed by atoms with E-state index in [1.54, 1.807) is 45.0 Å². The van der Waals surface area contributed by atoms with Crippen LogP contribution in [0.1, 0.15) is 137 Å². The van der Waals surface area contributed by atoms with Crippen LogP contribution in [0.25, 0.3) is 0 Å². The highest BCUT2D eigenvalue weighted by Crippen LogP contribution is 2.30. The second kappa shape index (κ2) is 21.3. The lowest BCUT2D eigenvalue weighted by atomic mass is 9.89. The Kier molecular flexibility index (Phi) is 18.4. The molecule has 0 aliphatic heterocycles. The van der Waals surface area contributed by atoms with E-state index in [9.17, 15) is 18.0 Å². The summed E-state index contributed by atoms with van der Waals surface area (Å²) in [5.74, 6) is -0.338. The van der Waals surface area contributed by atoms with E-state index in [4.69, 9.17) is 16.3 Å². The molecule has 0 heterocycles. The van der Waals surface area contributed by atoms with Crippen LogP contribution < -0.4 is 14.8 Å². The molecule has 2 aromatic rings. The molecule has 0 bridgehead atoms. The summed E-state index contributed by atoms with van der Waals surface area (Å²) in [4.78, 5) is 24.6. The highest BCUT2D eigenvalue weighted by Gasteiger charge is 2.24. The maximum atomic E-state index is 13.3. The number of amides is 1. The van der Waals surface area contributed by atoms with Crippen molar-refractivity contribution in [2.45, 2.75) is 142 Å². The average molecular weight is 677 g/mol. The first-order valence-corrected chi connectivity index (χ1v) is 19.2. The zero-order chi connectivity index (χ0) is 33.8. The Morgan fingerprint density at radius 3 is 1.80 bits per heavy atom. The van der Waals surface area contributed by atoms with Crippen molar-refractivity contribution in [2.24, 2.45) is 5.41 Å². The monoisotopic (exact) mass is 676 g/mol. The van der Waals surface area contributed by atoms with Crippen LogP contribution in [0.2, 0.25) is 5.02 Å². The van der Waals surface area contributed by atoms with Gasteiger partial charge in [-0.25, -0.2) is 8.42 Å². The number of carbonyl (C=O) groups is 2. The summed E-state index contributed by atoms with van der Waals surface area (Å²) in [7, 11) is -4.03. The molecule has 7 nitrogen and oxygen atoms in total. The lowest BCUT2D eigenvalue weighted by molar-refractivity contribution is -0.130. The van der Waals surface area contributed by atoms with Crippen LogP contribution in [0.3, 0.4) is 0 Å². The molecule has 2 N–H and O–H groups in total. The highest BCUT2D eigenvalue weighted by atomic mass is 35.5. The largest absolute Gasteiger partial charge is 0.491 e. The van der Waals surface area contributed by atoms with Gasteiger partial charge in [0, 0.05) is 5.41 Å². The van der Waals surface area contributed by atoms with Crippen molar-refractivity contribution in [1.29, 1.82) is 0 Å². The molecule has 0 fully saturated rings. The Labute approximate surface area is 283 Å². The number of unbranched alkanes of at least 4 members (excludes halogenated alkanes) is 15. The number of ether oxygens (including phenoxy) is 1. The molecule has 0 aliphatic rings. The van der Waals surface area contributed by atoms with Gasteiger partial charge in [-0.1, -0.05) is 148 Å². The van der Waals surface area contributed by atoms with Gasteiger partial charge < -0.3 is 10.1 Å². The summed E-state index contributed by atoms with van der Waals surface area (Å²) in [5, 5.41) is 2.73. The topological polar surface area (TPSA) is 102 Å². The van der Waals surface area contributed by atoms with Crippen molar-refractivity contribution >= 4 is 44.7 Å². The van der Waals surface area contributed by atoms with Gasteiger partial charge in [-0.05, 0) is 36.8 Å². The van der Waals surface area contributed by atoms with Crippen molar-refractivity contribution in [2.75, 3.05) is 16.6 Å². The molecule has 9 heteroatoms. The van der Waals surface area contributed by atoms with Crippen molar-refractivity contribution < 1.29 is 22.7 Å². The Morgan fingerprint density at radius 1 is 0.739 bits per heavy atom. The number of carbonyl (C=O) groups excluding carboxylic acids is 2. The first kappa shape index (κ1) is 39.6. The van der Waals surface area contributed by atoms with Crippen LogP contribution in [-0.2, 0) is 19.6 Å². The summed E-state index contributed by atoms with van der Waals surface area (Å²) in [6.45, 7) is 7.97. The third kappa shape index (κ3) is 15.8. The molecule has 0 unspecified atom stereocenters. The molecule has 0 aromatic heterocycles. The first-order valence-electron chi connectivity index (χ1n) is 17.3. The van der Waals surface area contributed by atoms with E-state index in [1.165, 1.54) is 108 Å². The van der Waals surface area contributed by atoms with E-state index in [0.29, 0.717) is 18.0 Å². The summed E-state index contributed by atoms with van der Waals surface area (Å²) in [5.41, 5.74) is -0.225. The Balaban J connectivity index is 1.73. The fraction of sp³-hybridized carbons (Fsp3) is 0.622. The highest BCUT2D eigenvalue weighted by molar-refractivity contribution is 7.92. The Hall–Kier alpha value is -2.58. The van der Waals surface area contributed by atoms with E-state index in [1.807, 2.05) is 0 Å². The smallest absolute Gasteiger partial charge is 0.262 e. The van der Waals surface area contributed by atoms with Crippen molar-refractivity contribution in [3.8, 4) is 5.75 Å². The first-order chi connectivity index (χ1) is 21.9. The third-order valence-corrected chi connectivity index (χ3v) is 9.76. The fourth-order valence-corrected chi connectivity index (χ4v) is 6.35. The summed E-state index contributed by atoms with van der Waals surface area (Å²) < 4.78 is 35.1. The molecule has 0 saturated heterocycles. The normalized spacial score (nSPS) is 11.8. The predicted octanol–water partition coefficient (Wildman–Crippen LogP) is 10.7. The number of halogens is 1. The number of ketones is 1. The second-order valence-corrected chi connectivity index (χ2v) is 15.4. The van der Waals surface area contributed by atoms with Crippen LogP contribution in [0.15, 0.2) is 47.4 Å². The lowest BCUT2D eigenvalue weighted by Gasteiger charge is -2.17. The van der Waals surface area contributed by atoms with E-state index < -0.39 is 21.3 Å². The van der Waals surface area contributed by atoms with Gasteiger partial charge in [0.1, 0.15) is 11.5 Å². The van der Waals surface area contributed by atoms with Crippen LogP contribution in [0.5, 0.6) is 5.75 Å². The minimum Gasteiger partial charge on any atom is -0.491 e. The minimum absolute atomic E-state index is 0.0815. The maximum Gasteiger partial charge on any atom is 0.262 e. The molecule has 0 aliphatic carbocycles. The number of sulfonamides is 1. The number of benzene rings is 2. The van der Waals surface area contributed by atoms with Crippen LogP contribution >= 0.6 is 11.6 Å². The van der Waals surface area contributed by atoms with E-state index in [0.717, 1.165) is 12.8 Å². The zero-order valence-corrected chi connectivity index (χ0v) is 30.2. The number of rotatable bonds is 24. The molecular formula is C37H57ClN2O5S. The molecule has 0 saturated carbocycles. The number of para-hydroxylation sites is 2. The van der Waals surface area contributed by atoms with E-state index in [2.05, 4.69) is 17.0 Å². The van der Waals surface area contributed by atoms with Gasteiger partial charge in [0.25, 0.3) is 10.0 Å². The van der Waals surface area contributed by atoms with E-state index in [-0.39, 0.29) is 27.8 Å². The third-order valence-electron chi connectivity index (χ3n) is 8.07. The second-order valence-electron chi connectivity index (χ2n) is 13.3. The SMILES string of the molecule is CCCCCCCCCCCCCCCCCCOc1ccccc1NS(=O)(=O)c1ccc(Cl)c(NC(=O)CC(=O)C(C)(C)C)c1. The number of hydrogen-bond donors (Lipinski definition) is 2. The van der Waals surface area contributed by atoms with Crippen molar-refractivity contribution in [3.63, 3.8) is 0 Å². The summed E-state index contributed by atoms with van der Waals surface area (Å²) >= 11 is 6.23. The molecule has 1 amide bonds. The van der Waals surface area contributed by atoms with Gasteiger partial charge in [-0.2, -0.15) is 0 Å². The molecule has 2 rings (SSSR count). The number of nitrogens with one attached hydrogen (secondary N) is 2. The average Bonchev–Trinajstić information content (AvgIpc) is 2.99. The lowest BCUT2D eigenvalue weighted by Crippen LogP contribution is -2.26. The molecule has 0 spiro atoms. The molecule has 0 atom stereocenters. The standard InChI is InChI=1S/C37H57ClN2O5S/c1-5-6-7-8-9-10-11-12-13-14-15-16-17-18-19-22-27-45-34-24-21-20-23-32(34)40-46(43,44)30-25-26-31(38)33(28-30)39-36(42)29-35(41)37(2,3)4/h20-21,23-26,28,40H,5-19,22,27,29H2,1-4H3,(H,39,42). The number of Topliss-reactive ketones (excluding diaryl/α,β-unsaturated/α-hetero) is 1. The quantitative estimate of drug-likeness (QED) is 0.0851. The number of anilines is 2. The Bertz CT molecular complexity index is 1310. The Morgan fingerprint density at radius 2 is 1.26 bits per heavy atom. The summed E-state index contributed by atoms with van der Waals surface area (Å²) in [6.07, 6.45) is 20.4. The zero-order valence-electron chi connectivity index (χ0n) is 28.6. The molecule has 258 valence electrons. The van der Waals surface area contributed by atoms with Crippen LogP contribution in [-0.4, -0.2) is 26.7 Å². The van der Waals surface area contributed by atoms with Gasteiger partial charge in [0.2, 0.25) is 5.91 Å². The molecule has 0 radical (unpaired) electrons. The van der Waals surface area contributed by atoms with Crippen molar-refractivity contribution in [3.05, 3.63) is 47.5 Å². The molecule has 2 aromatic carbocycles. The van der Waals surface area contributed by atoms with Gasteiger partial charge in [-0.15, -0.1) is 0 Å². The van der Waals surface area contributed by atoms with Gasteiger partial charge in [0.15, 0.2) is 0 Å². The molecule has 46 heavy (non-hydrogen) atoms. The van der Waals surface area contributed by atoms with Gasteiger partial charge in [0.05, 0.1) is 34.3 Å². The van der Waals surface area contributed by atoms with Crippen LogP contribution in [0.4, 0.5) is 11.4 Å². The van der Waals surface area contributed by atoms with Crippen molar-refractivity contribution in [1.82, 2.24) is 0 Å². The number of hydrogen-bond acceptors (Lipinski definition) is 5. The van der Waals surface area contributed by atoms with E-state index >= 15 is 0 Å². The predicted molar refractivity (Wildman–Crippen MR) is 191 cm³/mol.